The molecule has 0 atom stereocenters. The lowest BCUT2D eigenvalue weighted by molar-refractivity contribution is 0.609. The lowest BCUT2D eigenvalue weighted by Gasteiger charge is -2.34. The molecule has 30 rings (SSSR count). The van der Waals surface area contributed by atoms with E-state index in [2.05, 4.69) is 467 Å². The van der Waals surface area contributed by atoms with E-state index in [4.69, 9.17) is 0 Å². The zero-order valence-corrected chi connectivity index (χ0v) is 83.9. The Kier molecular flexibility index (Phi) is 22.6. The van der Waals surface area contributed by atoms with Crippen LogP contribution in [0.3, 0.4) is 0 Å². The van der Waals surface area contributed by atoms with Gasteiger partial charge in [-0.25, -0.2) is 13.2 Å². The van der Waals surface area contributed by atoms with E-state index in [0.29, 0.717) is 0 Å². The third kappa shape index (κ3) is 14.2. The maximum Gasteiger partial charge on any atom is 0.123 e. The van der Waals surface area contributed by atoms with Crippen LogP contribution < -0.4 is 0 Å². The molecule has 8 aliphatic rings. The van der Waals surface area contributed by atoms with Gasteiger partial charge in [-0.3, -0.25) is 4.98 Å². The first-order valence-electron chi connectivity index (χ1n) is 51.4. The second kappa shape index (κ2) is 36.4. The number of aryl methyl sites for hydroxylation is 6. The third-order valence-electron chi connectivity index (χ3n) is 32.5. The lowest BCUT2D eigenvalue weighted by atomic mass is 9.67. The molecule has 21 aromatic carbocycles. The van der Waals surface area contributed by atoms with Gasteiger partial charge in [0.05, 0.1) is 21.7 Å². The van der Waals surface area contributed by atoms with Crippen molar-refractivity contribution in [1.82, 2.24) is 4.98 Å². The fraction of sp³-hybridized carbons (Fsp3) is 0.0903. The highest BCUT2D eigenvalue weighted by Crippen LogP contribution is 2.69. The molecule has 0 N–H and O–H groups in total. The Morgan fingerprint density at radius 3 is 0.811 bits per heavy atom. The standard InChI is InChI=1S/2C32H22.C26H17F.C26H19F.C16H15F.C12H11N/c1-21-10-8-11-22(20-21)23-15-9-16-27-26-14-4-7-19-30(26)32(31(23)27)28-17-5-2-12-24(28)25-13-3-6-18-29(25)32;1-21-17-19-22(20-18-21)23-12-8-13-27-26-11-4-7-16-30(26)32(31(23)27)28-14-5-2-9-24(28)25-10-3-6-15-29(25)32;1-16-10-12-20-21-13-11-17(27)15-25(21)26(24(20)14-16)22-8-4-2-6-18(22)19-7-3-5-9-23(19)26;1-18-12-14-22-23-15-13-21(27)17-25(23)26(24(22)16-18,19-8-4-2-5-9-19)20-10-6-3-7-11-20;1-10-4-6-12-13-7-5-11(17)9-15(13)16(2,3)14(12)8-10;1-10-4-2-3-5-12(10)11-6-8-13-9-7-11/h2*2-20H,1H3;2-15H,1H3;2-17H,1H3;4-9H,1-3H3;2-9H,1H3. The minimum atomic E-state index is -0.513. The summed E-state index contributed by atoms with van der Waals surface area (Å²) in [5, 5.41) is 0. The normalized spacial score (nSPS) is 13.9. The van der Waals surface area contributed by atoms with Gasteiger partial charge in [-0.1, -0.05) is 478 Å². The monoisotopic (exact) mass is 1910 g/mol. The minimum Gasteiger partial charge on any atom is -0.265 e. The molecule has 1 aromatic heterocycles. The smallest absolute Gasteiger partial charge is 0.123 e. The first-order chi connectivity index (χ1) is 72.4. The van der Waals surface area contributed by atoms with Crippen LogP contribution in [0.1, 0.15) is 147 Å². The summed E-state index contributed by atoms with van der Waals surface area (Å²) >= 11 is 0. The summed E-state index contributed by atoms with van der Waals surface area (Å²) in [6.07, 6.45) is 3.64. The van der Waals surface area contributed by atoms with E-state index < -0.39 is 10.8 Å². The number of rotatable bonds is 5. The zero-order valence-electron chi connectivity index (χ0n) is 83.9. The van der Waals surface area contributed by atoms with Crippen LogP contribution in [0.4, 0.5) is 13.2 Å². The van der Waals surface area contributed by atoms with Crippen molar-refractivity contribution in [2.45, 2.75) is 82.5 Å². The average molecular weight is 1910 g/mol. The molecule has 0 amide bonds. The van der Waals surface area contributed by atoms with Crippen LogP contribution in [0, 0.1) is 59.0 Å². The summed E-state index contributed by atoms with van der Waals surface area (Å²) < 4.78 is 42.3. The van der Waals surface area contributed by atoms with Crippen molar-refractivity contribution in [2.24, 2.45) is 0 Å². The quantitative estimate of drug-likeness (QED) is 0.167. The Balaban J connectivity index is 0.0000000942. The van der Waals surface area contributed by atoms with Gasteiger partial charge in [0.25, 0.3) is 0 Å². The highest BCUT2D eigenvalue weighted by atomic mass is 19.1. The number of pyridine rings is 1. The molecule has 0 saturated heterocycles. The SMILES string of the molecule is Cc1ccc(-c2cccc3c2C2(c4ccccc4-c4ccccc42)c2ccccc2-3)cc1.Cc1ccc2c(c1)C(C)(C)c1cc(F)ccc1-2.Cc1ccc2c(c1)C(c1ccccc1)(c1ccccc1)c1cc(F)ccc1-2.Cc1ccc2c(c1)C1(c3ccccc3-c3ccccc31)c1cc(F)ccc1-2.Cc1cccc(-c2cccc3c2C2(c4ccccc4-c4ccccc42)c2ccccc2-3)c1.Cc1ccccc1-c1ccncc1. The largest absolute Gasteiger partial charge is 0.265 e. The molecule has 22 aromatic rings. The van der Waals surface area contributed by atoms with Crippen molar-refractivity contribution in [2.75, 3.05) is 0 Å². The van der Waals surface area contributed by atoms with Crippen LogP contribution in [0.5, 0.6) is 0 Å². The van der Waals surface area contributed by atoms with Gasteiger partial charge in [0.15, 0.2) is 0 Å². The summed E-state index contributed by atoms with van der Waals surface area (Å²) in [5.74, 6) is -0.532. The summed E-state index contributed by atoms with van der Waals surface area (Å²) in [4.78, 5) is 4.00. The molecule has 0 unspecified atom stereocenters. The molecule has 1 nitrogen and oxygen atoms in total. The van der Waals surface area contributed by atoms with E-state index in [1.165, 1.54) is 217 Å². The van der Waals surface area contributed by atoms with E-state index in [-0.39, 0.29) is 33.7 Å². The molecule has 0 saturated carbocycles. The second-order valence-electron chi connectivity index (χ2n) is 41.2. The Morgan fingerprint density at radius 2 is 0.419 bits per heavy atom. The van der Waals surface area contributed by atoms with Crippen molar-refractivity contribution in [1.29, 1.82) is 0 Å². The molecule has 3 spiro atoms. The van der Waals surface area contributed by atoms with Gasteiger partial charge in [0, 0.05) is 17.8 Å². The molecule has 0 bridgehead atoms. The Bertz CT molecular complexity index is 8580. The Labute approximate surface area is 865 Å². The van der Waals surface area contributed by atoms with Gasteiger partial charge in [0.1, 0.15) is 17.5 Å². The fourth-order valence-electron chi connectivity index (χ4n) is 26.4. The van der Waals surface area contributed by atoms with E-state index in [9.17, 15) is 13.2 Å². The van der Waals surface area contributed by atoms with Gasteiger partial charge < -0.3 is 0 Å². The number of fused-ring (bicyclic) bond motifs is 36. The molecule has 0 aliphatic heterocycles. The van der Waals surface area contributed by atoms with Crippen LogP contribution in [0.15, 0.2) is 498 Å². The van der Waals surface area contributed by atoms with Crippen molar-refractivity contribution in [3.63, 3.8) is 0 Å². The molecule has 1 heterocycles. The number of hydrogen-bond donors (Lipinski definition) is 0. The Morgan fingerprint density at radius 1 is 0.162 bits per heavy atom. The van der Waals surface area contributed by atoms with Crippen molar-refractivity contribution in [3.8, 4) is 122 Å². The van der Waals surface area contributed by atoms with E-state index in [0.717, 1.165) is 38.9 Å². The molecular formula is C144H106F3N. The predicted molar refractivity (Wildman–Crippen MR) is 605 cm³/mol. The average Bonchev–Trinajstić information content (AvgIpc) is 1.49. The fourth-order valence-corrected chi connectivity index (χ4v) is 26.4. The predicted octanol–water partition coefficient (Wildman–Crippen LogP) is 36.5. The molecule has 4 heteroatoms. The minimum absolute atomic E-state index is 0.0984. The second-order valence-corrected chi connectivity index (χ2v) is 41.2. The molecule has 148 heavy (non-hydrogen) atoms. The van der Waals surface area contributed by atoms with Gasteiger partial charge in [0.2, 0.25) is 0 Å². The summed E-state index contributed by atoms with van der Waals surface area (Å²) in [6, 6.07) is 171. The summed E-state index contributed by atoms with van der Waals surface area (Å²) in [7, 11) is 0. The Hall–Kier alpha value is -17.4. The highest BCUT2D eigenvalue weighted by Gasteiger charge is 2.57. The van der Waals surface area contributed by atoms with Crippen LogP contribution in [-0.2, 0) is 27.1 Å². The maximum absolute atomic E-state index is 14.5. The third-order valence-corrected chi connectivity index (χ3v) is 32.5. The lowest BCUT2D eigenvalue weighted by Crippen LogP contribution is -2.28. The van der Waals surface area contributed by atoms with Crippen LogP contribution >= 0.6 is 0 Å². The molecule has 0 fully saturated rings. The number of aromatic nitrogens is 1. The van der Waals surface area contributed by atoms with Crippen LogP contribution in [0.2, 0.25) is 0 Å². The highest BCUT2D eigenvalue weighted by molar-refractivity contribution is 6.02. The topological polar surface area (TPSA) is 12.9 Å². The number of halogens is 3. The van der Waals surface area contributed by atoms with Gasteiger partial charge in [-0.05, 0) is 318 Å². The van der Waals surface area contributed by atoms with E-state index in [1.54, 1.807) is 36.4 Å². The van der Waals surface area contributed by atoms with Crippen molar-refractivity contribution >= 4 is 0 Å². The van der Waals surface area contributed by atoms with Crippen molar-refractivity contribution in [3.05, 3.63) is 649 Å². The zero-order chi connectivity index (χ0) is 100. The maximum atomic E-state index is 14.5. The summed E-state index contributed by atoms with van der Waals surface area (Å²) in [6.45, 7) is 17.1. The molecule has 0 radical (unpaired) electrons. The number of hydrogen-bond acceptors (Lipinski definition) is 1. The first-order valence-corrected chi connectivity index (χ1v) is 51.4. The molecule has 708 valence electrons. The molecular weight excluding hydrogens is 1800 g/mol. The van der Waals surface area contributed by atoms with Gasteiger partial charge >= 0.3 is 0 Å². The van der Waals surface area contributed by atoms with Gasteiger partial charge in [-0.15, -0.1) is 0 Å². The number of benzene rings is 21. The van der Waals surface area contributed by atoms with Gasteiger partial charge in [-0.2, -0.15) is 0 Å². The molecule has 8 aliphatic carbocycles. The van der Waals surface area contributed by atoms with Crippen LogP contribution in [-0.4, -0.2) is 4.98 Å². The van der Waals surface area contributed by atoms with E-state index >= 15 is 0 Å². The van der Waals surface area contributed by atoms with E-state index in [1.807, 2.05) is 54.9 Å². The van der Waals surface area contributed by atoms with Crippen LogP contribution in [0.25, 0.3) is 122 Å². The van der Waals surface area contributed by atoms with Crippen molar-refractivity contribution < 1.29 is 13.2 Å². The summed E-state index contributed by atoms with van der Waals surface area (Å²) in [5.41, 5.74) is 57.0. The first kappa shape index (κ1) is 91.7. The number of nitrogens with zero attached hydrogens (tertiary/aromatic N) is 1.